The van der Waals surface area contributed by atoms with Gasteiger partial charge in [-0.1, -0.05) is 26.3 Å². The monoisotopic (exact) mass is 252 g/mol. The van der Waals surface area contributed by atoms with Gasteiger partial charge in [-0.3, -0.25) is 0 Å². The maximum Gasteiger partial charge on any atom is 0.161 e. The van der Waals surface area contributed by atoms with Gasteiger partial charge in [0.25, 0.3) is 0 Å². The molecule has 1 rings (SSSR count). The zero-order chi connectivity index (χ0) is 13.5. The second-order valence-electron chi connectivity index (χ2n) is 4.33. The molecule has 2 nitrogen and oxygen atoms in total. The van der Waals surface area contributed by atoms with Crippen LogP contribution in [0.25, 0.3) is 6.08 Å². The molecular weight excluding hydrogens is 231 g/mol. The van der Waals surface area contributed by atoms with E-state index in [1.165, 1.54) is 0 Å². The third-order valence-corrected chi connectivity index (χ3v) is 2.90. The Morgan fingerprint density at radius 1 is 1.28 bits per heavy atom. The maximum absolute atomic E-state index is 13.9. The van der Waals surface area contributed by atoms with E-state index >= 15 is 0 Å². The highest BCUT2D eigenvalue weighted by Gasteiger charge is 2.08. The maximum atomic E-state index is 13.9. The van der Waals surface area contributed by atoms with Gasteiger partial charge in [0, 0.05) is 5.92 Å². The van der Waals surface area contributed by atoms with Crippen molar-refractivity contribution in [1.29, 1.82) is 0 Å². The van der Waals surface area contributed by atoms with Crippen LogP contribution in [0.2, 0.25) is 0 Å². The van der Waals surface area contributed by atoms with Crippen LogP contribution < -0.4 is 9.47 Å². The van der Waals surface area contributed by atoms with Gasteiger partial charge in [0.2, 0.25) is 0 Å². The van der Waals surface area contributed by atoms with E-state index in [1.807, 2.05) is 13.0 Å². The molecule has 100 valence electrons. The predicted molar refractivity (Wildman–Crippen MR) is 72.7 cm³/mol. The number of ether oxygens (including phenoxy) is 2. The van der Waals surface area contributed by atoms with Crippen LogP contribution in [0.1, 0.15) is 32.3 Å². The molecule has 0 N–H and O–H groups in total. The van der Waals surface area contributed by atoms with Gasteiger partial charge in [-0.15, -0.1) is 0 Å². The highest BCUT2D eigenvalue weighted by molar-refractivity contribution is 5.57. The summed E-state index contributed by atoms with van der Waals surface area (Å²) in [7, 11) is 3.15. The fourth-order valence-electron chi connectivity index (χ4n) is 1.81. The number of rotatable bonds is 6. The van der Waals surface area contributed by atoms with Crippen LogP contribution in [0.15, 0.2) is 24.0 Å². The fourth-order valence-corrected chi connectivity index (χ4v) is 1.81. The molecule has 0 heterocycles. The molecule has 0 fully saturated rings. The molecule has 0 bridgehead atoms. The molecule has 1 aromatic rings. The Bertz CT molecular complexity index is 413. The SMILES string of the molecule is CCCC(C)/C(F)=C/c1ccc(OC)c(OC)c1. The zero-order valence-electron chi connectivity index (χ0n) is 11.5. The van der Waals surface area contributed by atoms with Crippen molar-refractivity contribution in [2.24, 2.45) is 5.92 Å². The van der Waals surface area contributed by atoms with E-state index in [0.29, 0.717) is 11.5 Å². The number of hydrogen-bond acceptors (Lipinski definition) is 2. The van der Waals surface area contributed by atoms with Gasteiger partial charge in [0.15, 0.2) is 11.5 Å². The largest absolute Gasteiger partial charge is 0.493 e. The number of methoxy groups -OCH3 is 2. The highest BCUT2D eigenvalue weighted by Crippen LogP contribution is 2.29. The molecule has 0 aliphatic carbocycles. The lowest BCUT2D eigenvalue weighted by molar-refractivity contribution is 0.355. The molecule has 0 saturated heterocycles. The van der Waals surface area contributed by atoms with Crippen LogP contribution in [0.4, 0.5) is 4.39 Å². The highest BCUT2D eigenvalue weighted by atomic mass is 19.1. The molecule has 1 atom stereocenters. The minimum atomic E-state index is -0.0935. The van der Waals surface area contributed by atoms with Crippen molar-refractivity contribution < 1.29 is 13.9 Å². The van der Waals surface area contributed by atoms with Crippen LogP contribution in [-0.4, -0.2) is 14.2 Å². The summed E-state index contributed by atoms with van der Waals surface area (Å²) < 4.78 is 24.2. The van der Waals surface area contributed by atoms with Crippen molar-refractivity contribution in [3.05, 3.63) is 29.6 Å². The first-order valence-corrected chi connectivity index (χ1v) is 6.21. The van der Waals surface area contributed by atoms with Gasteiger partial charge in [0.05, 0.1) is 14.2 Å². The Hall–Kier alpha value is -1.51. The van der Waals surface area contributed by atoms with E-state index in [9.17, 15) is 4.39 Å². The van der Waals surface area contributed by atoms with E-state index in [2.05, 4.69) is 6.92 Å². The summed E-state index contributed by atoms with van der Waals surface area (Å²) in [5, 5.41) is 0. The first-order chi connectivity index (χ1) is 8.62. The second-order valence-corrected chi connectivity index (χ2v) is 4.33. The molecule has 0 aliphatic rings. The summed E-state index contributed by atoms with van der Waals surface area (Å²) in [5.41, 5.74) is 0.785. The number of allylic oxidation sites excluding steroid dienone is 1. The summed E-state index contributed by atoms with van der Waals surface area (Å²) in [6.07, 6.45) is 3.40. The van der Waals surface area contributed by atoms with Crippen molar-refractivity contribution in [2.75, 3.05) is 14.2 Å². The predicted octanol–water partition coefficient (Wildman–Crippen LogP) is 4.45. The van der Waals surface area contributed by atoms with Gasteiger partial charge >= 0.3 is 0 Å². The van der Waals surface area contributed by atoms with Crippen molar-refractivity contribution in [3.8, 4) is 11.5 Å². The Morgan fingerprint density at radius 2 is 1.94 bits per heavy atom. The van der Waals surface area contributed by atoms with E-state index in [1.54, 1.807) is 32.4 Å². The van der Waals surface area contributed by atoms with Crippen LogP contribution in [0.5, 0.6) is 11.5 Å². The zero-order valence-corrected chi connectivity index (χ0v) is 11.5. The molecule has 0 radical (unpaired) electrons. The van der Waals surface area contributed by atoms with Gasteiger partial charge in [0.1, 0.15) is 5.83 Å². The lowest BCUT2D eigenvalue weighted by Gasteiger charge is -2.09. The fraction of sp³-hybridized carbons (Fsp3) is 0.467. The first kappa shape index (κ1) is 14.6. The molecule has 0 aliphatic heterocycles. The topological polar surface area (TPSA) is 18.5 Å². The van der Waals surface area contributed by atoms with Crippen LogP contribution in [-0.2, 0) is 0 Å². The normalized spacial score (nSPS) is 13.3. The van der Waals surface area contributed by atoms with Crippen LogP contribution in [0.3, 0.4) is 0 Å². The Labute approximate surface area is 108 Å². The van der Waals surface area contributed by atoms with Gasteiger partial charge < -0.3 is 9.47 Å². The van der Waals surface area contributed by atoms with E-state index < -0.39 is 0 Å². The quantitative estimate of drug-likeness (QED) is 0.744. The lowest BCUT2D eigenvalue weighted by atomic mass is 10.0. The molecule has 0 aromatic heterocycles. The number of benzene rings is 1. The number of halogens is 1. The Kier molecular flexibility index (Phi) is 5.69. The van der Waals surface area contributed by atoms with Crippen LogP contribution in [0, 0.1) is 5.92 Å². The van der Waals surface area contributed by atoms with Crippen molar-refractivity contribution in [1.82, 2.24) is 0 Å². The molecule has 1 unspecified atom stereocenters. The average molecular weight is 252 g/mol. The standard InChI is InChI=1S/C15H21FO2/c1-5-6-11(2)13(16)9-12-7-8-14(17-3)15(10-12)18-4/h7-11H,5-6H2,1-4H3/b13-9-. The Balaban J connectivity index is 2.93. The minimum absolute atomic E-state index is 0.0388. The lowest BCUT2D eigenvalue weighted by Crippen LogP contribution is -1.95. The van der Waals surface area contributed by atoms with Crippen molar-refractivity contribution in [3.63, 3.8) is 0 Å². The molecule has 1 aromatic carbocycles. The van der Waals surface area contributed by atoms with Crippen molar-refractivity contribution >= 4 is 6.08 Å². The van der Waals surface area contributed by atoms with E-state index in [4.69, 9.17) is 9.47 Å². The number of hydrogen-bond donors (Lipinski definition) is 0. The third kappa shape index (κ3) is 3.76. The van der Waals surface area contributed by atoms with Gasteiger partial charge in [-0.05, 0) is 30.2 Å². The molecule has 0 spiro atoms. The summed E-state index contributed by atoms with van der Waals surface area (Å²) in [6.45, 7) is 3.95. The smallest absolute Gasteiger partial charge is 0.161 e. The summed E-state index contributed by atoms with van der Waals surface area (Å²) in [5.74, 6) is 1.13. The van der Waals surface area contributed by atoms with Gasteiger partial charge in [-0.2, -0.15) is 0 Å². The summed E-state index contributed by atoms with van der Waals surface area (Å²) in [6, 6.07) is 5.37. The molecule has 18 heavy (non-hydrogen) atoms. The summed E-state index contributed by atoms with van der Waals surface area (Å²) in [4.78, 5) is 0. The molecular formula is C15H21FO2. The van der Waals surface area contributed by atoms with Gasteiger partial charge in [-0.25, -0.2) is 4.39 Å². The summed E-state index contributed by atoms with van der Waals surface area (Å²) >= 11 is 0. The minimum Gasteiger partial charge on any atom is -0.493 e. The first-order valence-electron chi connectivity index (χ1n) is 6.21. The molecule has 3 heteroatoms. The van der Waals surface area contributed by atoms with Crippen molar-refractivity contribution in [2.45, 2.75) is 26.7 Å². The van der Waals surface area contributed by atoms with E-state index in [-0.39, 0.29) is 11.7 Å². The van der Waals surface area contributed by atoms with E-state index in [0.717, 1.165) is 18.4 Å². The molecule has 0 amide bonds. The second kappa shape index (κ2) is 7.04. The Morgan fingerprint density at radius 3 is 2.50 bits per heavy atom. The van der Waals surface area contributed by atoms with Crippen LogP contribution >= 0.6 is 0 Å². The average Bonchev–Trinajstić information content (AvgIpc) is 2.38. The third-order valence-electron chi connectivity index (χ3n) is 2.90. The molecule has 0 saturated carbocycles.